The maximum Gasteiger partial charge on any atom is 0.224 e. The fraction of sp³-hybridized carbons (Fsp3) is 0.207. The van der Waals surface area contributed by atoms with E-state index in [-0.39, 0.29) is 18.0 Å². The summed E-state index contributed by atoms with van der Waals surface area (Å²) < 4.78 is 2.21. The van der Waals surface area contributed by atoms with Crippen molar-refractivity contribution in [3.8, 4) is 5.69 Å². The Morgan fingerprint density at radius 2 is 1.81 bits per heavy atom. The zero-order valence-corrected chi connectivity index (χ0v) is 21.4. The fourth-order valence-electron chi connectivity index (χ4n) is 4.69. The number of pyridine rings is 1. The van der Waals surface area contributed by atoms with Gasteiger partial charge in [-0.3, -0.25) is 9.78 Å². The van der Waals surface area contributed by atoms with Crippen molar-refractivity contribution >= 4 is 34.6 Å². The number of aryl methyl sites for hydroxylation is 2. The zero-order chi connectivity index (χ0) is 25.2. The molecule has 1 amide bonds. The third kappa shape index (κ3) is 4.50. The molecule has 36 heavy (non-hydrogen) atoms. The summed E-state index contributed by atoms with van der Waals surface area (Å²) in [5.41, 5.74) is 7.08. The van der Waals surface area contributed by atoms with Crippen molar-refractivity contribution < 1.29 is 4.79 Å². The van der Waals surface area contributed by atoms with Gasteiger partial charge in [0.05, 0.1) is 11.7 Å². The first-order valence-corrected chi connectivity index (χ1v) is 12.5. The predicted octanol–water partition coefficient (Wildman–Crippen LogP) is 6.01. The molecule has 182 valence electrons. The molecular weight excluding hydrogens is 466 g/mol. The van der Waals surface area contributed by atoms with Crippen LogP contribution in [-0.4, -0.2) is 20.6 Å². The molecule has 3 heterocycles. The van der Waals surface area contributed by atoms with E-state index >= 15 is 0 Å². The van der Waals surface area contributed by atoms with Crippen LogP contribution in [0.5, 0.6) is 0 Å². The first-order valence-electron chi connectivity index (χ1n) is 12.1. The molecule has 0 bridgehead atoms. The van der Waals surface area contributed by atoms with Crippen molar-refractivity contribution in [1.82, 2.24) is 14.9 Å². The van der Waals surface area contributed by atoms with Crippen LogP contribution in [0.2, 0.25) is 0 Å². The highest BCUT2D eigenvalue weighted by Gasteiger charge is 2.42. The van der Waals surface area contributed by atoms with Crippen LogP contribution in [0.4, 0.5) is 11.4 Å². The van der Waals surface area contributed by atoms with Gasteiger partial charge in [-0.25, -0.2) is 0 Å². The maximum absolute atomic E-state index is 12.0. The van der Waals surface area contributed by atoms with Crippen LogP contribution >= 0.6 is 12.2 Å². The smallest absolute Gasteiger partial charge is 0.224 e. The van der Waals surface area contributed by atoms with Crippen LogP contribution < -0.4 is 15.5 Å². The number of aromatic nitrogens is 2. The molecule has 0 unspecified atom stereocenters. The van der Waals surface area contributed by atoms with Gasteiger partial charge in [-0.15, -0.1) is 0 Å². The van der Waals surface area contributed by atoms with Gasteiger partial charge in [-0.1, -0.05) is 30.7 Å². The molecule has 2 aromatic heterocycles. The van der Waals surface area contributed by atoms with E-state index in [0.717, 1.165) is 34.0 Å². The minimum absolute atomic E-state index is 0.00627. The van der Waals surface area contributed by atoms with Crippen molar-refractivity contribution in [2.24, 2.45) is 0 Å². The standard InChI is InChI=1S/C29H29N5OS/c1-4-26(35)31-23-15-14-22(18-20(23)3)34-28(27(32-29(34)36)24-8-5-6-16-30-24)25-9-7-17-33(25)21-12-10-19(2)11-13-21/h5-18,27-28H,4H2,1-3H3,(H,31,35)(H,32,36)/t27-,28-/m1/s1. The molecule has 2 aromatic carbocycles. The lowest BCUT2D eigenvalue weighted by molar-refractivity contribution is -0.115. The van der Waals surface area contributed by atoms with Gasteiger partial charge in [0.25, 0.3) is 0 Å². The maximum atomic E-state index is 12.0. The molecule has 0 saturated carbocycles. The summed E-state index contributed by atoms with van der Waals surface area (Å²) in [6, 6.07) is 24.4. The molecule has 7 heteroatoms. The summed E-state index contributed by atoms with van der Waals surface area (Å²) in [6.45, 7) is 5.94. The lowest BCUT2D eigenvalue weighted by Gasteiger charge is -2.29. The fourth-order valence-corrected chi connectivity index (χ4v) is 5.03. The number of rotatable bonds is 6. The summed E-state index contributed by atoms with van der Waals surface area (Å²) in [5.74, 6) is -0.00627. The average Bonchev–Trinajstić information content (AvgIpc) is 3.50. The van der Waals surface area contributed by atoms with Crippen molar-refractivity contribution in [3.05, 3.63) is 108 Å². The number of carbonyl (C=O) groups is 1. The Morgan fingerprint density at radius 1 is 1.03 bits per heavy atom. The van der Waals surface area contributed by atoms with Gasteiger partial charge in [-0.2, -0.15) is 0 Å². The van der Waals surface area contributed by atoms with Crippen LogP contribution in [-0.2, 0) is 4.79 Å². The second-order valence-electron chi connectivity index (χ2n) is 9.04. The summed E-state index contributed by atoms with van der Waals surface area (Å²) in [7, 11) is 0. The second kappa shape index (κ2) is 9.95. The molecule has 5 rings (SSSR count). The molecule has 0 spiro atoms. The van der Waals surface area contributed by atoms with Gasteiger partial charge in [0, 0.05) is 41.6 Å². The molecule has 2 atom stereocenters. The van der Waals surface area contributed by atoms with Gasteiger partial charge in [0.15, 0.2) is 5.11 Å². The largest absolute Gasteiger partial charge is 0.351 e. The Labute approximate surface area is 217 Å². The summed E-state index contributed by atoms with van der Waals surface area (Å²) in [4.78, 5) is 18.8. The Hall–Kier alpha value is -3.97. The monoisotopic (exact) mass is 495 g/mol. The first-order chi connectivity index (χ1) is 17.5. The highest BCUT2D eigenvalue weighted by Crippen LogP contribution is 2.42. The number of hydrogen-bond donors (Lipinski definition) is 2. The second-order valence-corrected chi connectivity index (χ2v) is 9.42. The van der Waals surface area contributed by atoms with Crippen molar-refractivity contribution in [2.45, 2.75) is 39.3 Å². The van der Waals surface area contributed by atoms with E-state index in [2.05, 4.69) is 80.7 Å². The number of amides is 1. The SMILES string of the molecule is CCC(=O)Nc1ccc(N2C(=S)N[C@H](c3ccccn3)[C@H]2c2cccn2-c2ccc(C)cc2)cc1C. The van der Waals surface area contributed by atoms with Crippen LogP contribution in [0.25, 0.3) is 5.69 Å². The van der Waals surface area contributed by atoms with Crippen molar-refractivity contribution in [3.63, 3.8) is 0 Å². The number of anilines is 2. The molecule has 4 aromatic rings. The van der Waals surface area contributed by atoms with Gasteiger partial charge < -0.3 is 20.1 Å². The molecule has 1 fully saturated rings. The number of benzene rings is 2. The van der Waals surface area contributed by atoms with Crippen LogP contribution in [0, 0.1) is 13.8 Å². The minimum Gasteiger partial charge on any atom is -0.351 e. The summed E-state index contributed by atoms with van der Waals surface area (Å²) in [6.07, 6.45) is 4.34. The number of thiocarbonyl (C=S) groups is 1. The minimum atomic E-state index is -0.141. The third-order valence-corrected chi connectivity index (χ3v) is 6.89. The van der Waals surface area contributed by atoms with E-state index < -0.39 is 0 Å². The molecule has 6 nitrogen and oxygen atoms in total. The summed E-state index contributed by atoms with van der Waals surface area (Å²) >= 11 is 5.90. The Kier molecular flexibility index (Phi) is 6.57. The molecule has 2 N–H and O–H groups in total. The normalized spacial score (nSPS) is 17.2. The third-order valence-electron chi connectivity index (χ3n) is 6.58. The highest BCUT2D eigenvalue weighted by atomic mass is 32.1. The lowest BCUT2D eigenvalue weighted by Crippen LogP contribution is -2.30. The quantitative estimate of drug-likeness (QED) is 0.321. The van der Waals surface area contributed by atoms with E-state index in [1.54, 1.807) is 0 Å². The predicted molar refractivity (Wildman–Crippen MR) is 149 cm³/mol. The van der Waals surface area contributed by atoms with Gasteiger partial charge in [0.2, 0.25) is 5.91 Å². The van der Waals surface area contributed by atoms with Crippen molar-refractivity contribution in [1.29, 1.82) is 0 Å². The molecular formula is C29H29N5OS. The number of carbonyl (C=O) groups excluding carboxylic acids is 1. The Balaban J connectivity index is 1.61. The van der Waals surface area contributed by atoms with E-state index in [4.69, 9.17) is 12.2 Å². The van der Waals surface area contributed by atoms with Crippen molar-refractivity contribution in [2.75, 3.05) is 10.2 Å². The number of nitrogens with one attached hydrogen (secondary N) is 2. The number of hydrogen-bond acceptors (Lipinski definition) is 3. The molecule has 0 aliphatic carbocycles. The van der Waals surface area contributed by atoms with Crippen LogP contribution in [0.3, 0.4) is 0 Å². The Bertz CT molecular complexity index is 1400. The zero-order valence-electron chi connectivity index (χ0n) is 20.6. The highest BCUT2D eigenvalue weighted by molar-refractivity contribution is 7.80. The van der Waals surface area contributed by atoms with Crippen LogP contribution in [0.15, 0.2) is 85.2 Å². The van der Waals surface area contributed by atoms with Gasteiger partial charge in [-0.05, 0) is 86.2 Å². The Morgan fingerprint density at radius 3 is 2.50 bits per heavy atom. The number of nitrogens with zero attached hydrogens (tertiary/aromatic N) is 3. The van der Waals surface area contributed by atoms with Gasteiger partial charge in [0.1, 0.15) is 6.04 Å². The molecule has 1 aliphatic heterocycles. The van der Waals surface area contributed by atoms with E-state index in [1.807, 2.05) is 50.4 Å². The lowest BCUT2D eigenvalue weighted by atomic mass is 10.00. The van der Waals surface area contributed by atoms with E-state index in [9.17, 15) is 4.79 Å². The van der Waals surface area contributed by atoms with Crippen LogP contribution in [0.1, 0.15) is 47.9 Å². The van der Waals surface area contributed by atoms with E-state index in [0.29, 0.717) is 11.5 Å². The summed E-state index contributed by atoms with van der Waals surface area (Å²) in [5, 5.41) is 7.15. The first kappa shape index (κ1) is 23.8. The molecule has 1 saturated heterocycles. The van der Waals surface area contributed by atoms with E-state index in [1.165, 1.54) is 5.56 Å². The average molecular weight is 496 g/mol. The molecule has 0 radical (unpaired) electrons. The topological polar surface area (TPSA) is 62.2 Å². The van der Waals surface area contributed by atoms with Gasteiger partial charge >= 0.3 is 0 Å². The molecule has 1 aliphatic rings.